The van der Waals surface area contributed by atoms with Gasteiger partial charge in [-0.25, -0.2) is 4.79 Å². The highest BCUT2D eigenvalue weighted by Crippen LogP contribution is 2.03. The Labute approximate surface area is 183 Å². The lowest BCUT2D eigenvalue weighted by Crippen LogP contribution is -2.58. The summed E-state index contributed by atoms with van der Waals surface area (Å²) in [5.74, 6) is -3.96. The third-order valence-corrected chi connectivity index (χ3v) is 4.90. The number of nitrogens with two attached hydrogens (primary N) is 2. The normalized spacial score (nSPS) is 14.7. The number of rotatable bonds is 15. The lowest BCUT2D eigenvalue weighted by Gasteiger charge is -2.24. The minimum Gasteiger partial charge on any atom is -0.480 e. The summed E-state index contributed by atoms with van der Waals surface area (Å²) in [6.07, 6.45) is 1.77. The van der Waals surface area contributed by atoms with Gasteiger partial charge in [-0.2, -0.15) is 24.4 Å². The van der Waals surface area contributed by atoms with E-state index in [1.54, 1.807) is 0 Å². The fraction of sp³-hybridized carbons (Fsp3) is 0.688. The van der Waals surface area contributed by atoms with Gasteiger partial charge in [0.05, 0.1) is 12.6 Å². The fourth-order valence-electron chi connectivity index (χ4n) is 2.13. The zero-order chi connectivity index (χ0) is 23.3. The first-order valence-electron chi connectivity index (χ1n) is 8.95. The quantitative estimate of drug-likeness (QED) is 0.114. The van der Waals surface area contributed by atoms with Crippen molar-refractivity contribution >= 4 is 54.0 Å². The number of primary amides is 1. The van der Waals surface area contributed by atoms with Crippen molar-refractivity contribution in [1.29, 1.82) is 0 Å². The summed E-state index contributed by atoms with van der Waals surface area (Å²) in [5.41, 5.74) is 10.8. The van der Waals surface area contributed by atoms with Gasteiger partial charge in [0.15, 0.2) is 0 Å². The van der Waals surface area contributed by atoms with E-state index in [0.717, 1.165) is 0 Å². The SMILES string of the molecule is CSCCC(N)C(=O)NC(CS)C(=O)NC(CCC(N)=O)C(=O)NC(CO)C(=O)O. The predicted molar refractivity (Wildman–Crippen MR) is 114 cm³/mol. The maximum atomic E-state index is 12.5. The van der Waals surface area contributed by atoms with Crippen LogP contribution in [-0.2, 0) is 24.0 Å². The molecule has 0 saturated heterocycles. The number of hydrogen-bond donors (Lipinski definition) is 8. The van der Waals surface area contributed by atoms with Gasteiger partial charge in [0, 0.05) is 12.2 Å². The third kappa shape index (κ3) is 10.7. The van der Waals surface area contributed by atoms with Crippen LogP contribution in [0.5, 0.6) is 0 Å². The molecule has 0 rings (SSSR count). The number of aliphatic carboxylic acids is 1. The molecular weight excluding hydrogens is 438 g/mol. The van der Waals surface area contributed by atoms with Gasteiger partial charge in [-0.3, -0.25) is 19.2 Å². The number of nitrogens with one attached hydrogen (secondary N) is 3. The van der Waals surface area contributed by atoms with Crippen LogP contribution in [-0.4, -0.2) is 88.3 Å². The molecule has 0 heterocycles. The number of thiol groups is 1. The van der Waals surface area contributed by atoms with Crippen molar-refractivity contribution in [3.8, 4) is 0 Å². The monoisotopic (exact) mass is 467 g/mol. The minimum absolute atomic E-state index is 0.106. The zero-order valence-corrected chi connectivity index (χ0v) is 18.2. The molecule has 0 aliphatic carbocycles. The molecule has 172 valence electrons. The summed E-state index contributed by atoms with van der Waals surface area (Å²) in [6, 6.07) is -4.89. The van der Waals surface area contributed by atoms with E-state index in [1.807, 2.05) is 6.26 Å². The van der Waals surface area contributed by atoms with Gasteiger partial charge < -0.3 is 37.6 Å². The van der Waals surface area contributed by atoms with E-state index in [4.69, 9.17) is 21.7 Å². The summed E-state index contributed by atoms with van der Waals surface area (Å²) >= 11 is 5.53. The van der Waals surface area contributed by atoms with E-state index >= 15 is 0 Å². The summed E-state index contributed by atoms with van der Waals surface area (Å²) in [4.78, 5) is 59.0. The molecule has 0 radical (unpaired) electrons. The number of thioether (sulfide) groups is 1. The van der Waals surface area contributed by atoms with Crippen LogP contribution in [0, 0.1) is 0 Å². The van der Waals surface area contributed by atoms with Crippen molar-refractivity contribution in [3.63, 3.8) is 0 Å². The molecule has 0 aromatic rings. The predicted octanol–water partition coefficient (Wildman–Crippen LogP) is -3.21. The van der Waals surface area contributed by atoms with Crippen molar-refractivity contribution in [2.24, 2.45) is 11.5 Å². The van der Waals surface area contributed by atoms with Crippen LogP contribution in [0.25, 0.3) is 0 Å². The number of carboxylic acid groups (broad SMARTS) is 1. The molecule has 0 spiro atoms. The highest BCUT2D eigenvalue weighted by atomic mass is 32.2. The fourth-order valence-corrected chi connectivity index (χ4v) is 2.88. The average Bonchev–Trinajstić information content (AvgIpc) is 2.70. The first-order valence-corrected chi connectivity index (χ1v) is 11.0. The second kappa shape index (κ2) is 14.9. The molecular formula is C16H29N5O7S2. The number of aliphatic hydroxyl groups is 1. The van der Waals surface area contributed by atoms with Crippen molar-refractivity contribution in [2.75, 3.05) is 24.4 Å². The summed E-state index contributed by atoms with van der Waals surface area (Å²) in [5, 5.41) is 24.8. The first kappa shape index (κ1) is 28.0. The largest absolute Gasteiger partial charge is 0.480 e. The van der Waals surface area contributed by atoms with Gasteiger partial charge in [0.25, 0.3) is 0 Å². The zero-order valence-electron chi connectivity index (χ0n) is 16.5. The standard InChI is InChI=1S/C16H29N5O7S2/c1-30-5-4-8(17)13(24)21-11(7-29)15(26)19-9(2-3-12(18)23)14(25)20-10(6-22)16(27)28/h8-11,22,29H,2-7,17H2,1H3,(H2,18,23)(H,19,26)(H,20,25)(H,21,24)(H,27,28). The molecule has 0 fully saturated rings. The van der Waals surface area contributed by atoms with Crippen molar-refractivity contribution in [3.05, 3.63) is 0 Å². The third-order valence-electron chi connectivity index (χ3n) is 3.89. The van der Waals surface area contributed by atoms with Gasteiger partial charge in [0.2, 0.25) is 23.6 Å². The van der Waals surface area contributed by atoms with Crippen molar-refractivity contribution < 1.29 is 34.2 Å². The van der Waals surface area contributed by atoms with Crippen LogP contribution in [0.2, 0.25) is 0 Å². The van der Waals surface area contributed by atoms with Gasteiger partial charge in [-0.05, 0) is 24.9 Å². The number of hydrogen-bond acceptors (Lipinski definition) is 9. The molecule has 0 bridgehead atoms. The van der Waals surface area contributed by atoms with E-state index in [2.05, 4.69) is 28.6 Å². The highest BCUT2D eigenvalue weighted by Gasteiger charge is 2.29. The molecule has 0 aliphatic heterocycles. The van der Waals surface area contributed by atoms with Gasteiger partial charge in [-0.15, -0.1) is 0 Å². The van der Waals surface area contributed by atoms with Gasteiger partial charge >= 0.3 is 5.97 Å². The Kier molecular flexibility index (Phi) is 13.9. The molecule has 4 atom stereocenters. The van der Waals surface area contributed by atoms with E-state index in [-0.39, 0.29) is 18.6 Å². The topological polar surface area (TPSA) is 214 Å². The maximum absolute atomic E-state index is 12.5. The Balaban J connectivity index is 5.17. The molecule has 0 aromatic carbocycles. The van der Waals surface area contributed by atoms with E-state index in [9.17, 15) is 24.0 Å². The van der Waals surface area contributed by atoms with Gasteiger partial charge in [-0.1, -0.05) is 0 Å². The Morgan fingerprint density at radius 3 is 1.97 bits per heavy atom. The number of aliphatic hydroxyl groups excluding tert-OH is 1. The molecule has 30 heavy (non-hydrogen) atoms. The molecule has 0 aliphatic rings. The van der Waals surface area contributed by atoms with E-state index in [1.165, 1.54) is 11.8 Å². The van der Waals surface area contributed by atoms with Crippen LogP contribution >= 0.6 is 24.4 Å². The second-order valence-electron chi connectivity index (χ2n) is 6.28. The lowest BCUT2D eigenvalue weighted by atomic mass is 10.1. The molecule has 12 nitrogen and oxygen atoms in total. The van der Waals surface area contributed by atoms with E-state index in [0.29, 0.717) is 12.2 Å². The highest BCUT2D eigenvalue weighted by molar-refractivity contribution is 7.98. The second-order valence-corrected chi connectivity index (χ2v) is 7.63. The molecule has 4 unspecified atom stereocenters. The minimum atomic E-state index is -1.60. The van der Waals surface area contributed by atoms with Crippen LogP contribution in [0.4, 0.5) is 0 Å². The van der Waals surface area contributed by atoms with Crippen LogP contribution in [0.15, 0.2) is 0 Å². The van der Waals surface area contributed by atoms with Gasteiger partial charge in [0.1, 0.15) is 18.1 Å². The lowest BCUT2D eigenvalue weighted by molar-refractivity contribution is -0.143. The van der Waals surface area contributed by atoms with E-state index < -0.39 is 60.4 Å². The first-order chi connectivity index (χ1) is 14.1. The van der Waals surface area contributed by atoms with Crippen molar-refractivity contribution in [2.45, 2.75) is 43.4 Å². The molecule has 9 N–H and O–H groups in total. The Hall–Kier alpha value is -2.03. The molecule has 14 heteroatoms. The Bertz CT molecular complexity index is 623. The average molecular weight is 468 g/mol. The summed E-state index contributed by atoms with van der Waals surface area (Å²) in [7, 11) is 0. The van der Waals surface area contributed by atoms with Crippen molar-refractivity contribution in [1.82, 2.24) is 16.0 Å². The smallest absolute Gasteiger partial charge is 0.328 e. The van der Waals surface area contributed by atoms with Crippen LogP contribution < -0.4 is 27.4 Å². The number of carboxylic acids is 1. The molecule has 0 saturated carbocycles. The number of carbonyl (C=O) groups is 5. The Morgan fingerprint density at radius 1 is 0.967 bits per heavy atom. The number of amides is 4. The Morgan fingerprint density at radius 2 is 1.50 bits per heavy atom. The summed E-state index contributed by atoms with van der Waals surface area (Å²) in [6.45, 7) is -0.874. The maximum Gasteiger partial charge on any atom is 0.328 e. The summed E-state index contributed by atoms with van der Waals surface area (Å²) < 4.78 is 0. The molecule has 0 aromatic heterocycles. The van der Waals surface area contributed by atoms with Crippen LogP contribution in [0.1, 0.15) is 19.3 Å². The van der Waals surface area contributed by atoms with Crippen LogP contribution in [0.3, 0.4) is 0 Å². The number of carbonyl (C=O) groups excluding carboxylic acids is 4. The molecule has 4 amide bonds.